The van der Waals surface area contributed by atoms with Crippen LogP contribution in [0.25, 0.3) is 0 Å². The second kappa shape index (κ2) is 5.61. The van der Waals surface area contributed by atoms with Gasteiger partial charge in [-0.15, -0.1) is 0 Å². The van der Waals surface area contributed by atoms with Crippen LogP contribution in [-0.2, 0) is 4.79 Å². The van der Waals surface area contributed by atoms with E-state index in [1.165, 1.54) is 0 Å². The van der Waals surface area contributed by atoms with Crippen molar-refractivity contribution in [3.63, 3.8) is 0 Å². The quantitative estimate of drug-likeness (QED) is 0.698. The maximum atomic E-state index is 13.0. The molecule has 122 valence electrons. The van der Waals surface area contributed by atoms with Gasteiger partial charge in [-0.05, 0) is 40.7 Å². The highest BCUT2D eigenvalue weighted by Gasteiger charge is 2.43. The van der Waals surface area contributed by atoms with Crippen molar-refractivity contribution < 1.29 is 4.79 Å². The van der Waals surface area contributed by atoms with Crippen LogP contribution < -0.4 is 0 Å². The first-order valence-corrected chi connectivity index (χ1v) is 8.25. The van der Waals surface area contributed by atoms with E-state index in [0.29, 0.717) is 0 Å². The van der Waals surface area contributed by atoms with E-state index >= 15 is 0 Å². The molecule has 5 unspecified atom stereocenters. The van der Waals surface area contributed by atoms with Gasteiger partial charge >= 0.3 is 0 Å². The third kappa shape index (κ3) is 2.61. The van der Waals surface area contributed by atoms with E-state index in [0.717, 1.165) is 18.7 Å². The van der Waals surface area contributed by atoms with Gasteiger partial charge in [0.05, 0.1) is 23.4 Å². The average molecular weight is 312 g/mol. The minimum atomic E-state index is -0.413. The van der Waals surface area contributed by atoms with Crippen LogP contribution in [0.4, 0.5) is 0 Å². The summed E-state index contributed by atoms with van der Waals surface area (Å²) >= 11 is 0. The number of hydrogen-bond donors (Lipinski definition) is 0. The van der Waals surface area contributed by atoms with Crippen LogP contribution >= 0.6 is 0 Å². The third-order valence-corrected chi connectivity index (χ3v) is 5.40. The van der Waals surface area contributed by atoms with Gasteiger partial charge < -0.3 is 0 Å². The first-order chi connectivity index (χ1) is 10.9. The Labute approximate surface area is 138 Å². The van der Waals surface area contributed by atoms with Crippen molar-refractivity contribution in [3.8, 4) is 6.07 Å². The van der Waals surface area contributed by atoms with Crippen LogP contribution in [0.1, 0.15) is 33.6 Å². The Kier molecular flexibility index (Phi) is 3.89. The van der Waals surface area contributed by atoms with Crippen LogP contribution in [0.5, 0.6) is 0 Å². The Balaban J connectivity index is 1.89. The summed E-state index contributed by atoms with van der Waals surface area (Å²) < 4.78 is 0. The number of amidine groups is 1. The van der Waals surface area contributed by atoms with E-state index in [9.17, 15) is 10.1 Å². The van der Waals surface area contributed by atoms with Crippen molar-refractivity contribution >= 4 is 11.7 Å². The highest BCUT2D eigenvalue weighted by atomic mass is 16.2. The molecule has 2 heterocycles. The Morgan fingerprint density at radius 3 is 2.74 bits per heavy atom. The highest BCUT2D eigenvalue weighted by Crippen LogP contribution is 2.35. The number of allylic oxidation sites excluding steroid dienone is 1. The van der Waals surface area contributed by atoms with E-state index in [1.54, 1.807) is 0 Å². The zero-order valence-corrected chi connectivity index (χ0v) is 14.2. The maximum Gasteiger partial charge on any atom is 0.238 e. The maximum absolute atomic E-state index is 13.0. The summed E-state index contributed by atoms with van der Waals surface area (Å²) in [5.41, 5.74) is -0.413. The summed E-state index contributed by atoms with van der Waals surface area (Å²) in [5.74, 6) is 0.686. The van der Waals surface area contributed by atoms with Crippen LogP contribution in [0, 0.1) is 22.7 Å². The zero-order chi connectivity index (χ0) is 16.8. The molecule has 0 spiro atoms. The molecule has 5 heteroatoms. The summed E-state index contributed by atoms with van der Waals surface area (Å²) in [5, 5.41) is 9.24. The topological polar surface area (TPSA) is 59.7 Å². The molecule has 5 atom stereocenters. The number of rotatable bonds is 1. The number of amides is 1. The van der Waals surface area contributed by atoms with Crippen LogP contribution in [0.15, 0.2) is 29.3 Å². The van der Waals surface area contributed by atoms with Gasteiger partial charge in [-0.3, -0.25) is 19.6 Å². The summed E-state index contributed by atoms with van der Waals surface area (Å²) in [7, 11) is 2.02. The fourth-order valence-electron chi connectivity index (χ4n) is 3.63. The van der Waals surface area contributed by atoms with Crippen molar-refractivity contribution in [2.45, 2.75) is 51.9 Å². The Bertz CT molecular complexity index is 644. The molecule has 2 aliphatic heterocycles. The number of nitriles is 1. The van der Waals surface area contributed by atoms with Gasteiger partial charge in [0, 0.05) is 6.04 Å². The first kappa shape index (κ1) is 15.9. The van der Waals surface area contributed by atoms with Gasteiger partial charge in [0.25, 0.3) is 0 Å². The number of aliphatic imine (C=N–C) groups is 1. The lowest BCUT2D eigenvalue weighted by Crippen LogP contribution is -2.57. The minimum Gasteiger partial charge on any atom is -0.293 e. The van der Waals surface area contributed by atoms with Gasteiger partial charge in [0.15, 0.2) is 0 Å². The molecule has 0 bridgehead atoms. The van der Waals surface area contributed by atoms with Crippen LogP contribution in [0.3, 0.4) is 0 Å². The molecule has 0 N–H and O–H groups in total. The molecule has 1 amide bonds. The SMILES string of the molecule is CC1=NC2C(C=CC(C)N2C)C(=O)N1C1C=CC(C)(C#N)CC1. The van der Waals surface area contributed by atoms with E-state index in [1.807, 2.05) is 44.0 Å². The standard InChI is InChI=1S/C18H24N4O/c1-12-5-6-15-16(21(12)4)20-13(2)22(17(15)23)14-7-9-18(3,11-19)10-8-14/h5-7,9,12,14-16H,8,10H2,1-4H3. The molecular weight excluding hydrogens is 288 g/mol. The number of likely N-dealkylation sites (N-methyl/N-ethyl adjacent to an activating group) is 1. The molecule has 3 rings (SSSR count). The molecule has 0 fully saturated rings. The van der Waals surface area contributed by atoms with Gasteiger partial charge in [0.2, 0.25) is 5.91 Å². The Hall–Kier alpha value is -1.93. The predicted octanol–water partition coefficient (Wildman–Crippen LogP) is 2.33. The first-order valence-electron chi connectivity index (χ1n) is 8.25. The fraction of sp³-hybridized carbons (Fsp3) is 0.611. The molecule has 0 radical (unpaired) electrons. The van der Waals surface area contributed by atoms with Crippen molar-refractivity contribution in [2.24, 2.45) is 16.3 Å². The molecule has 23 heavy (non-hydrogen) atoms. The summed E-state index contributed by atoms with van der Waals surface area (Å²) in [6.07, 6.45) is 9.50. The molecule has 0 aromatic heterocycles. The van der Waals surface area contributed by atoms with Crippen molar-refractivity contribution in [1.82, 2.24) is 9.80 Å². The van der Waals surface area contributed by atoms with Gasteiger partial charge in [0.1, 0.15) is 12.0 Å². The summed E-state index contributed by atoms with van der Waals surface area (Å²) in [6.45, 7) is 5.97. The smallest absolute Gasteiger partial charge is 0.238 e. The van der Waals surface area contributed by atoms with Gasteiger partial charge in [-0.25, -0.2) is 0 Å². The van der Waals surface area contributed by atoms with E-state index in [4.69, 9.17) is 4.99 Å². The normalized spacial score (nSPS) is 40.6. The molecule has 0 aromatic carbocycles. The van der Waals surface area contributed by atoms with Crippen LogP contribution in [-0.4, -0.2) is 46.8 Å². The summed E-state index contributed by atoms with van der Waals surface area (Å²) in [6, 6.07) is 2.64. The molecule has 3 aliphatic rings. The highest BCUT2D eigenvalue weighted by molar-refractivity contribution is 6.01. The van der Waals surface area contributed by atoms with Crippen molar-refractivity contribution in [3.05, 3.63) is 24.3 Å². The number of nitrogens with zero attached hydrogens (tertiary/aromatic N) is 4. The number of carbonyl (C=O) groups is 1. The van der Waals surface area contributed by atoms with Gasteiger partial charge in [-0.2, -0.15) is 5.26 Å². The predicted molar refractivity (Wildman–Crippen MR) is 89.5 cm³/mol. The fourth-order valence-corrected chi connectivity index (χ4v) is 3.63. The average Bonchev–Trinajstić information content (AvgIpc) is 2.53. The number of carbonyl (C=O) groups excluding carboxylic acids is 1. The van der Waals surface area contributed by atoms with Crippen molar-refractivity contribution in [1.29, 1.82) is 5.26 Å². The lowest BCUT2D eigenvalue weighted by Gasteiger charge is -2.45. The summed E-state index contributed by atoms with van der Waals surface area (Å²) in [4.78, 5) is 21.8. The lowest BCUT2D eigenvalue weighted by molar-refractivity contribution is -0.134. The van der Waals surface area contributed by atoms with Gasteiger partial charge in [-0.1, -0.05) is 24.3 Å². The minimum absolute atomic E-state index is 0.00619. The Morgan fingerprint density at radius 1 is 1.39 bits per heavy atom. The third-order valence-electron chi connectivity index (χ3n) is 5.40. The second-order valence-corrected chi connectivity index (χ2v) is 7.11. The molecule has 0 saturated carbocycles. The van der Waals surface area contributed by atoms with Crippen LogP contribution in [0.2, 0.25) is 0 Å². The molecular formula is C18H24N4O. The molecule has 0 saturated heterocycles. The zero-order valence-electron chi connectivity index (χ0n) is 14.2. The number of fused-ring (bicyclic) bond motifs is 1. The molecule has 1 aliphatic carbocycles. The van der Waals surface area contributed by atoms with E-state index < -0.39 is 5.41 Å². The Morgan fingerprint density at radius 2 is 2.13 bits per heavy atom. The molecule has 0 aromatic rings. The lowest BCUT2D eigenvalue weighted by atomic mass is 9.80. The monoisotopic (exact) mass is 312 g/mol. The van der Waals surface area contributed by atoms with E-state index in [-0.39, 0.29) is 30.1 Å². The number of hydrogen-bond acceptors (Lipinski definition) is 4. The largest absolute Gasteiger partial charge is 0.293 e. The van der Waals surface area contributed by atoms with E-state index in [2.05, 4.69) is 24.0 Å². The second-order valence-electron chi connectivity index (χ2n) is 7.11. The molecule has 5 nitrogen and oxygen atoms in total. The van der Waals surface area contributed by atoms with Crippen molar-refractivity contribution in [2.75, 3.05) is 7.05 Å².